The molecule has 1 radical (unpaired) electrons. The van der Waals surface area contributed by atoms with Crippen LogP contribution in [0, 0.1) is 12.4 Å². The molecular formula is C8H11N2O4S2. The van der Waals surface area contributed by atoms with Gasteiger partial charge in [-0.3, -0.25) is 4.79 Å². The molecule has 0 saturated heterocycles. The zero-order chi connectivity index (χ0) is 12.3. The van der Waals surface area contributed by atoms with Crippen LogP contribution in [-0.4, -0.2) is 44.4 Å². The van der Waals surface area contributed by atoms with Crippen LogP contribution in [0.3, 0.4) is 0 Å². The average molecular weight is 263 g/mol. The Morgan fingerprint density at radius 3 is 2.69 bits per heavy atom. The Labute approximate surface area is 97.9 Å². The molecule has 0 aliphatic heterocycles. The summed E-state index contributed by atoms with van der Waals surface area (Å²) in [5.74, 6) is -0.614. The van der Waals surface area contributed by atoms with E-state index >= 15 is 0 Å². The summed E-state index contributed by atoms with van der Waals surface area (Å²) in [4.78, 5) is 14.7. The van der Waals surface area contributed by atoms with Crippen LogP contribution in [0.2, 0.25) is 0 Å². The number of esters is 1. The molecule has 0 spiro atoms. The van der Waals surface area contributed by atoms with Gasteiger partial charge in [0.1, 0.15) is 6.54 Å². The lowest BCUT2D eigenvalue weighted by atomic mass is 10.6. The monoisotopic (exact) mass is 263 g/mol. The van der Waals surface area contributed by atoms with Crippen LogP contribution in [0.5, 0.6) is 0 Å². The maximum Gasteiger partial charge on any atom is 0.321 e. The normalized spacial score (nSPS) is 11.8. The molecule has 1 aromatic heterocycles. The Bertz CT molecular complexity index is 480. The van der Waals surface area contributed by atoms with Crippen LogP contribution in [0.4, 0.5) is 0 Å². The largest absolute Gasteiger partial charge is 0.468 e. The molecule has 0 aliphatic rings. The summed E-state index contributed by atoms with van der Waals surface area (Å²) in [5.41, 5.74) is 2.87. The predicted molar refractivity (Wildman–Crippen MR) is 57.5 cm³/mol. The van der Waals surface area contributed by atoms with E-state index in [1.165, 1.54) is 14.2 Å². The first-order valence-corrected chi connectivity index (χ1v) is 6.52. The number of thiazole rings is 1. The van der Waals surface area contributed by atoms with Crippen molar-refractivity contribution < 1.29 is 17.9 Å². The van der Waals surface area contributed by atoms with Crippen LogP contribution in [0.1, 0.15) is 5.69 Å². The smallest absolute Gasteiger partial charge is 0.321 e. The summed E-state index contributed by atoms with van der Waals surface area (Å²) in [5, 5.41) is 0. The fourth-order valence-corrected chi connectivity index (χ4v) is 3.32. The third-order valence-electron chi connectivity index (χ3n) is 1.87. The number of carbonyl (C=O) groups is 1. The van der Waals surface area contributed by atoms with Gasteiger partial charge in [0, 0.05) is 7.05 Å². The zero-order valence-electron chi connectivity index (χ0n) is 9.05. The van der Waals surface area contributed by atoms with Gasteiger partial charge in [-0.15, -0.1) is 0 Å². The molecule has 8 heteroatoms. The zero-order valence-corrected chi connectivity index (χ0v) is 10.7. The second-order valence-corrected chi connectivity index (χ2v) is 6.05. The van der Waals surface area contributed by atoms with Gasteiger partial charge in [-0.2, -0.15) is 4.31 Å². The molecule has 89 valence electrons. The quantitative estimate of drug-likeness (QED) is 0.717. The molecule has 0 N–H and O–H groups in total. The van der Waals surface area contributed by atoms with Crippen molar-refractivity contribution in [3.8, 4) is 0 Å². The standard InChI is InChI=1S/C8H11N2O4S2/c1-6-8(15-5-9-6)16(12,13)10(2)4-7(11)14-3/h4H2,1-3H3. The van der Waals surface area contributed by atoms with E-state index in [0.717, 1.165) is 15.6 Å². The highest BCUT2D eigenvalue weighted by Crippen LogP contribution is 2.21. The van der Waals surface area contributed by atoms with Gasteiger partial charge in [0.2, 0.25) is 0 Å². The Morgan fingerprint density at radius 2 is 2.25 bits per heavy atom. The van der Waals surface area contributed by atoms with Gasteiger partial charge >= 0.3 is 5.97 Å². The Kier molecular flexibility index (Phi) is 4.00. The molecule has 16 heavy (non-hydrogen) atoms. The number of likely N-dealkylation sites (N-methyl/N-ethyl adjacent to an activating group) is 1. The van der Waals surface area contributed by atoms with Gasteiger partial charge in [0.05, 0.1) is 12.8 Å². The molecular weight excluding hydrogens is 252 g/mol. The van der Waals surface area contributed by atoms with Crippen molar-refractivity contribution in [1.82, 2.24) is 9.29 Å². The van der Waals surface area contributed by atoms with Crippen molar-refractivity contribution in [3.05, 3.63) is 11.2 Å². The number of methoxy groups -OCH3 is 1. The lowest BCUT2D eigenvalue weighted by Crippen LogP contribution is -2.32. The maximum atomic E-state index is 11.9. The van der Waals surface area contributed by atoms with Crippen LogP contribution in [0.25, 0.3) is 0 Å². The van der Waals surface area contributed by atoms with Crippen molar-refractivity contribution >= 4 is 27.3 Å². The minimum absolute atomic E-state index is 0.0962. The summed E-state index contributed by atoms with van der Waals surface area (Å²) < 4.78 is 29.3. The molecule has 0 bridgehead atoms. The third kappa shape index (κ3) is 2.57. The second-order valence-electron chi connectivity index (χ2n) is 3.02. The highest BCUT2D eigenvalue weighted by atomic mass is 32.2. The lowest BCUT2D eigenvalue weighted by molar-refractivity contribution is -0.140. The van der Waals surface area contributed by atoms with Crippen LogP contribution in [-0.2, 0) is 19.6 Å². The van der Waals surface area contributed by atoms with Crippen molar-refractivity contribution in [2.24, 2.45) is 0 Å². The number of hydrogen-bond donors (Lipinski definition) is 0. The first-order valence-electron chi connectivity index (χ1n) is 4.26. The van der Waals surface area contributed by atoms with Crippen molar-refractivity contribution in [2.45, 2.75) is 11.1 Å². The molecule has 1 aromatic rings. The number of ether oxygens (including phenoxy) is 1. The summed E-state index contributed by atoms with van der Waals surface area (Å²) in [7, 11) is -1.16. The van der Waals surface area contributed by atoms with E-state index in [1.54, 1.807) is 6.92 Å². The fourth-order valence-electron chi connectivity index (χ4n) is 0.964. The van der Waals surface area contributed by atoms with Gasteiger partial charge in [0.25, 0.3) is 10.0 Å². The molecule has 1 heterocycles. The van der Waals surface area contributed by atoms with E-state index in [-0.39, 0.29) is 10.8 Å². The van der Waals surface area contributed by atoms with E-state index in [9.17, 15) is 13.2 Å². The number of rotatable bonds is 4. The Balaban J connectivity index is 2.95. The van der Waals surface area contributed by atoms with Gasteiger partial charge in [-0.1, -0.05) is 11.3 Å². The van der Waals surface area contributed by atoms with E-state index in [4.69, 9.17) is 0 Å². The van der Waals surface area contributed by atoms with E-state index < -0.39 is 16.0 Å². The number of hydrogen-bond acceptors (Lipinski definition) is 6. The summed E-state index contributed by atoms with van der Waals surface area (Å²) in [6.07, 6.45) is 0. The van der Waals surface area contributed by atoms with Crippen LogP contribution in [0.15, 0.2) is 4.21 Å². The Hall–Kier alpha value is -0.990. The number of aromatic nitrogens is 1. The van der Waals surface area contributed by atoms with E-state index in [0.29, 0.717) is 5.69 Å². The number of nitrogens with zero attached hydrogens (tertiary/aromatic N) is 2. The maximum absolute atomic E-state index is 11.9. The molecule has 0 aromatic carbocycles. The van der Waals surface area contributed by atoms with Crippen molar-refractivity contribution in [2.75, 3.05) is 20.7 Å². The van der Waals surface area contributed by atoms with Crippen LogP contribution < -0.4 is 0 Å². The highest BCUT2D eigenvalue weighted by molar-refractivity contribution is 7.91. The molecule has 0 amide bonds. The summed E-state index contributed by atoms with van der Waals surface area (Å²) >= 11 is 0.902. The van der Waals surface area contributed by atoms with Crippen LogP contribution >= 0.6 is 11.3 Å². The Morgan fingerprint density at radius 1 is 1.62 bits per heavy atom. The summed E-state index contributed by atoms with van der Waals surface area (Å²) in [6.45, 7) is 1.25. The first kappa shape index (κ1) is 13.1. The molecule has 0 aliphatic carbocycles. The highest BCUT2D eigenvalue weighted by Gasteiger charge is 2.26. The van der Waals surface area contributed by atoms with Gasteiger partial charge < -0.3 is 4.74 Å². The molecule has 1 rings (SSSR count). The topological polar surface area (TPSA) is 76.6 Å². The van der Waals surface area contributed by atoms with Gasteiger partial charge in [-0.25, -0.2) is 13.4 Å². The molecule has 0 atom stereocenters. The number of sulfonamides is 1. The van der Waals surface area contributed by atoms with E-state index in [2.05, 4.69) is 15.2 Å². The lowest BCUT2D eigenvalue weighted by Gasteiger charge is -2.14. The van der Waals surface area contributed by atoms with Gasteiger partial charge in [-0.05, 0) is 6.92 Å². The molecule has 0 unspecified atom stereocenters. The summed E-state index contributed by atoms with van der Waals surface area (Å²) in [6, 6.07) is 0. The predicted octanol–water partition coefficient (Wildman–Crippen LogP) is 0.0452. The molecule has 6 nitrogen and oxygen atoms in total. The molecule has 0 saturated carbocycles. The van der Waals surface area contributed by atoms with Crippen molar-refractivity contribution in [3.63, 3.8) is 0 Å². The fraction of sp³-hybridized carbons (Fsp3) is 0.500. The van der Waals surface area contributed by atoms with E-state index in [1.807, 2.05) is 0 Å². The SMILES string of the molecule is COC(=O)CN(C)S(=O)(=O)c1s[c]nc1C. The number of aryl methyl sites for hydroxylation is 1. The first-order chi connectivity index (χ1) is 7.39. The van der Waals surface area contributed by atoms with Gasteiger partial charge in [0.15, 0.2) is 9.72 Å². The second kappa shape index (κ2) is 4.89. The van der Waals surface area contributed by atoms with Crippen molar-refractivity contribution in [1.29, 1.82) is 0 Å². The molecule has 0 fully saturated rings. The number of carbonyl (C=O) groups excluding carboxylic acids is 1. The minimum atomic E-state index is -3.67. The third-order valence-corrected chi connectivity index (χ3v) is 5.13. The minimum Gasteiger partial charge on any atom is -0.468 e. The average Bonchev–Trinajstić information content (AvgIpc) is 2.64.